The van der Waals surface area contributed by atoms with Crippen LogP contribution in [0.3, 0.4) is 0 Å². The summed E-state index contributed by atoms with van der Waals surface area (Å²) in [6.45, 7) is 2.72. The van der Waals surface area contributed by atoms with Crippen molar-refractivity contribution in [3.63, 3.8) is 0 Å². The minimum atomic E-state index is -0.287. The molecule has 1 aliphatic heterocycles. The molecule has 30 heavy (non-hydrogen) atoms. The van der Waals surface area contributed by atoms with Gasteiger partial charge in [0.1, 0.15) is 10.4 Å². The van der Waals surface area contributed by atoms with Gasteiger partial charge < -0.3 is 5.32 Å². The number of hydrogen-bond donors (Lipinski definition) is 1. The number of fused-ring (bicyclic) bond motifs is 1. The molecule has 3 aromatic rings. The maximum absolute atomic E-state index is 13.3. The van der Waals surface area contributed by atoms with Gasteiger partial charge in [-0.3, -0.25) is 4.90 Å². The molecule has 1 N–H and O–H groups in total. The highest BCUT2D eigenvalue weighted by Crippen LogP contribution is 2.30. The molecule has 8 heteroatoms. The quantitative estimate of drug-likeness (QED) is 0.521. The van der Waals surface area contributed by atoms with E-state index in [-0.39, 0.29) is 17.9 Å². The van der Waals surface area contributed by atoms with Crippen LogP contribution in [0.5, 0.6) is 0 Å². The second-order valence-electron chi connectivity index (χ2n) is 7.32. The summed E-state index contributed by atoms with van der Waals surface area (Å²) in [6, 6.07) is 9.83. The molecule has 4 rings (SSSR count). The van der Waals surface area contributed by atoms with Crippen molar-refractivity contribution in [3.8, 4) is 5.69 Å². The van der Waals surface area contributed by atoms with E-state index in [0.29, 0.717) is 6.54 Å². The Morgan fingerprint density at radius 3 is 2.73 bits per heavy atom. The van der Waals surface area contributed by atoms with E-state index in [1.54, 1.807) is 34.1 Å². The minimum Gasteiger partial charge on any atom is -0.331 e. The average molecular weight is 472 g/mol. The van der Waals surface area contributed by atoms with Crippen LogP contribution in [-0.4, -0.2) is 27.3 Å². The first-order valence-corrected chi connectivity index (χ1v) is 10.9. The maximum Gasteiger partial charge on any atom is 0.322 e. The minimum absolute atomic E-state index is 0.111. The lowest BCUT2D eigenvalue weighted by molar-refractivity contribution is 0.241. The van der Waals surface area contributed by atoms with Crippen LogP contribution in [0.25, 0.3) is 5.69 Å². The lowest BCUT2D eigenvalue weighted by Gasteiger charge is -2.29. The Kier molecular flexibility index (Phi) is 6.13. The number of anilines is 1. The number of rotatable bonds is 5. The van der Waals surface area contributed by atoms with Gasteiger partial charge >= 0.3 is 6.03 Å². The van der Waals surface area contributed by atoms with Gasteiger partial charge in [-0.2, -0.15) is 5.10 Å². The third-order valence-corrected chi connectivity index (χ3v) is 5.75. The second-order valence-corrected chi connectivity index (χ2v) is 8.14. The van der Waals surface area contributed by atoms with Crippen molar-refractivity contribution in [3.05, 3.63) is 70.5 Å². The molecule has 156 valence electrons. The molecule has 0 bridgehead atoms. The number of carbonyl (C=O) groups excluding carboxylic acids is 1. The first kappa shape index (κ1) is 20.5. The molecule has 1 aromatic carbocycles. The highest BCUT2D eigenvalue weighted by atomic mass is 79.9. The van der Waals surface area contributed by atoms with Crippen molar-refractivity contribution >= 4 is 27.6 Å². The van der Waals surface area contributed by atoms with Gasteiger partial charge in [-0.1, -0.05) is 19.4 Å². The van der Waals surface area contributed by atoms with E-state index in [4.69, 9.17) is 0 Å². The smallest absolute Gasteiger partial charge is 0.322 e. The predicted octanol–water partition coefficient (Wildman–Crippen LogP) is 5.17. The van der Waals surface area contributed by atoms with Gasteiger partial charge in [0.25, 0.3) is 0 Å². The monoisotopic (exact) mass is 471 g/mol. The molecule has 1 atom stereocenters. The van der Waals surface area contributed by atoms with E-state index in [1.165, 1.54) is 12.1 Å². The highest BCUT2D eigenvalue weighted by molar-refractivity contribution is 9.10. The van der Waals surface area contributed by atoms with Crippen LogP contribution in [0, 0.1) is 5.82 Å². The fourth-order valence-electron chi connectivity index (χ4n) is 3.80. The molecule has 0 fully saturated rings. The van der Waals surface area contributed by atoms with Gasteiger partial charge in [0, 0.05) is 12.7 Å². The number of carbonyl (C=O) groups is 1. The zero-order valence-electron chi connectivity index (χ0n) is 16.7. The van der Waals surface area contributed by atoms with Crippen LogP contribution in [0.1, 0.15) is 43.5 Å². The fourth-order valence-corrected chi connectivity index (χ4v) is 4.03. The van der Waals surface area contributed by atoms with E-state index in [0.717, 1.165) is 52.9 Å². The largest absolute Gasteiger partial charge is 0.331 e. The summed E-state index contributed by atoms with van der Waals surface area (Å²) < 4.78 is 15.8. The molecule has 0 saturated heterocycles. The van der Waals surface area contributed by atoms with Gasteiger partial charge in [-0.25, -0.2) is 18.9 Å². The van der Waals surface area contributed by atoms with Crippen LogP contribution in [0.4, 0.5) is 14.9 Å². The Hall–Kier alpha value is -2.74. The van der Waals surface area contributed by atoms with Gasteiger partial charge in [0.15, 0.2) is 0 Å². The van der Waals surface area contributed by atoms with Crippen molar-refractivity contribution in [2.75, 3.05) is 11.4 Å². The highest BCUT2D eigenvalue weighted by Gasteiger charge is 2.28. The van der Waals surface area contributed by atoms with Crippen LogP contribution in [0.15, 0.2) is 53.4 Å². The Labute approximate surface area is 183 Å². The third kappa shape index (κ3) is 4.23. The third-order valence-electron chi connectivity index (χ3n) is 5.28. The topological polar surface area (TPSA) is 63.1 Å². The van der Waals surface area contributed by atoms with Crippen molar-refractivity contribution in [2.24, 2.45) is 0 Å². The molecule has 1 unspecified atom stereocenters. The molecular weight excluding hydrogens is 449 g/mol. The number of benzene rings is 1. The Bertz CT molecular complexity index is 1020. The number of aromatic nitrogens is 3. The number of hydrogen-bond acceptors (Lipinski definition) is 3. The molecule has 1 aliphatic rings. The van der Waals surface area contributed by atoms with Crippen molar-refractivity contribution in [2.45, 2.75) is 38.6 Å². The molecule has 6 nitrogen and oxygen atoms in total. The van der Waals surface area contributed by atoms with Gasteiger partial charge in [-0.05, 0) is 71.1 Å². The van der Waals surface area contributed by atoms with Gasteiger partial charge in [-0.15, -0.1) is 0 Å². The Morgan fingerprint density at radius 2 is 2.03 bits per heavy atom. The fraction of sp³-hybridized carbons (Fsp3) is 0.318. The summed E-state index contributed by atoms with van der Waals surface area (Å²) in [4.78, 5) is 19.2. The van der Waals surface area contributed by atoms with E-state index in [2.05, 4.69) is 38.3 Å². The molecule has 0 aliphatic carbocycles. The Balaban J connectivity index is 1.57. The molecule has 0 radical (unpaired) electrons. The molecular formula is C22H23BrFN5O. The summed E-state index contributed by atoms with van der Waals surface area (Å²) in [7, 11) is 0. The van der Waals surface area contributed by atoms with Crippen molar-refractivity contribution in [1.29, 1.82) is 0 Å². The first-order chi connectivity index (χ1) is 14.6. The van der Waals surface area contributed by atoms with Crippen LogP contribution in [-0.2, 0) is 6.42 Å². The molecule has 0 spiro atoms. The van der Waals surface area contributed by atoms with Crippen LogP contribution < -0.4 is 10.2 Å². The number of amides is 2. The molecule has 0 saturated carbocycles. The zero-order chi connectivity index (χ0) is 21.1. The number of nitrogens with zero attached hydrogens (tertiary/aromatic N) is 4. The summed E-state index contributed by atoms with van der Waals surface area (Å²) in [5, 5.41) is 7.64. The zero-order valence-corrected chi connectivity index (χ0v) is 18.3. The summed E-state index contributed by atoms with van der Waals surface area (Å²) >= 11 is 3.35. The van der Waals surface area contributed by atoms with Gasteiger partial charge in [0.2, 0.25) is 0 Å². The number of urea groups is 1. The lowest BCUT2D eigenvalue weighted by atomic mass is 10.0. The Morgan fingerprint density at radius 1 is 1.23 bits per heavy atom. The number of pyridine rings is 1. The first-order valence-electron chi connectivity index (χ1n) is 10.1. The average Bonchev–Trinajstić information content (AvgIpc) is 3.19. The van der Waals surface area contributed by atoms with E-state index in [9.17, 15) is 9.18 Å². The normalized spacial score (nSPS) is 14.3. The van der Waals surface area contributed by atoms with Crippen LogP contribution in [0.2, 0.25) is 0 Å². The number of nitrogens with one attached hydrogen (secondary N) is 1. The molecule has 2 aromatic heterocycles. The van der Waals surface area contributed by atoms with Crippen LogP contribution >= 0.6 is 15.9 Å². The SMILES string of the molecule is CCCC(NC(=O)N1CCCc2c1cnn2-c1ccc(F)cc1)c1ccc(Br)nc1. The molecule has 2 amide bonds. The maximum atomic E-state index is 13.3. The second kappa shape index (κ2) is 8.95. The van der Waals surface area contributed by atoms with Gasteiger partial charge in [0.05, 0.1) is 29.3 Å². The summed E-state index contributed by atoms with van der Waals surface area (Å²) in [5.41, 5.74) is 3.52. The predicted molar refractivity (Wildman–Crippen MR) is 117 cm³/mol. The van der Waals surface area contributed by atoms with E-state index < -0.39 is 0 Å². The van der Waals surface area contributed by atoms with Crippen molar-refractivity contribution in [1.82, 2.24) is 20.1 Å². The number of halogens is 2. The van der Waals surface area contributed by atoms with Crippen molar-refractivity contribution < 1.29 is 9.18 Å². The lowest BCUT2D eigenvalue weighted by Crippen LogP contribution is -2.44. The summed E-state index contributed by atoms with van der Waals surface area (Å²) in [5.74, 6) is -0.287. The van der Waals surface area contributed by atoms with E-state index in [1.807, 2.05) is 12.1 Å². The van der Waals surface area contributed by atoms with E-state index >= 15 is 0 Å². The molecule has 3 heterocycles. The standard InChI is InChI=1S/C22H23BrFN5O/c1-2-4-18(15-6-11-21(23)25-13-15)27-22(30)28-12-3-5-19-20(28)14-26-29(19)17-9-7-16(24)8-10-17/h6-11,13-14,18H,2-5,12H2,1H3,(H,27,30). The summed E-state index contributed by atoms with van der Waals surface area (Å²) in [6.07, 6.45) is 6.92.